The predicted molar refractivity (Wildman–Crippen MR) is 151 cm³/mol. The van der Waals surface area contributed by atoms with E-state index >= 15 is 0 Å². The number of piperazine rings is 1. The Morgan fingerprint density at radius 3 is 2.40 bits per heavy atom. The van der Waals surface area contributed by atoms with Gasteiger partial charge in [-0.3, -0.25) is 9.58 Å². The molecule has 8 nitrogen and oxygen atoms in total. The number of pyridine rings is 1. The minimum Gasteiger partial charge on any atom is -0.478 e. The molecule has 1 aromatic carbocycles. The Hall–Kier alpha value is -3.16. The number of carboxylic acid groups (broad SMARTS) is 1. The molecule has 15 heteroatoms. The molecule has 0 radical (unpaired) electrons. The molecule has 3 aromatic rings. The maximum atomic E-state index is 13.8. The fourth-order valence-electron chi connectivity index (χ4n) is 5.55. The largest absolute Gasteiger partial charge is 0.478 e. The molecule has 0 aliphatic carbocycles. The zero-order chi connectivity index (χ0) is 29.3. The molecule has 1 N–H and O–H groups in total. The number of alkyl halides is 5. The zero-order valence-electron chi connectivity index (χ0n) is 22.3. The van der Waals surface area contributed by atoms with E-state index in [9.17, 15) is 31.9 Å². The molecule has 2 saturated heterocycles. The molecular weight excluding hydrogens is 606 g/mol. The van der Waals surface area contributed by atoms with Crippen LogP contribution in [0.1, 0.15) is 41.4 Å². The lowest BCUT2D eigenvalue weighted by Crippen LogP contribution is -2.49. The van der Waals surface area contributed by atoms with E-state index in [2.05, 4.69) is 10.1 Å². The molecule has 2 aliphatic rings. The molecule has 228 valence electrons. The van der Waals surface area contributed by atoms with Crippen molar-refractivity contribution in [2.45, 2.75) is 31.5 Å². The van der Waals surface area contributed by atoms with Gasteiger partial charge in [-0.2, -0.15) is 18.3 Å². The van der Waals surface area contributed by atoms with E-state index in [1.165, 1.54) is 4.90 Å². The molecule has 0 spiro atoms. The van der Waals surface area contributed by atoms with Crippen molar-refractivity contribution >= 4 is 41.5 Å². The first-order chi connectivity index (χ1) is 19.5. The molecule has 0 amide bonds. The highest BCUT2D eigenvalue weighted by atomic mass is 35.5. The topological polar surface area (TPSA) is 77.7 Å². The van der Waals surface area contributed by atoms with Crippen molar-refractivity contribution in [1.82, 2.24) is 19.7 Å². The molecule has 0 bridgehead atoms. The van der Waals surface area contributed by atoms with E-state index in [1.807, 2.05) is 28.0 Å². The van der Waals surface area contributed by atoms with Crippen molar-refractivity contribution in [3.8, 4) is 11.1 Å². The van der Waals surface area contributed by atoms with Crippen molar-refractivity contribution in [2.75, 3.05) is 55.6 Å². The van der Waals surface area contributed by atoms with Gasteiger partial charge in [0.25, 0.3) is 6.43 Å². The number of rotatable bonds is 7. The van der Waals surface area contributed by atoms with E-state index in [4.69, 9.17) is 11.6 Å². The number of nitrogens with zero attached hydrogens (tertiary/aromatic N) is 6. The second kappa shape index (κ2) is 13.0. The fraction of sp³-hybridized carbons (Fsp3) is 0.444. The Balaban J connectivity index is 0.00000405. The monoisotopic (exact) mass is 634 g/mol. The van der Waals surface area contributed by atoms with Crippen molar-refractivity contribution < 1.29 is 31.9 Å². The van der Waals surface area contributed by atoms with Crippen molar-refractivity contribution in [3.63, 3.8) is 0 Å². The minimum atomic E-state index is -4.22. The Morgan fingerprint density at radius 2 is 1.79 bits per heavy atom. The predicted octanol–water partition coefficient (Wildman–Crippen LogP) is 6.18. The van der Waals surface area contributed by atoms with E-state index in [0.717, 1.165) is 27.7 Å². The second-order valence-electron chi connectivity index (χ2n) is 10.2. The van der Waals surface area contributed by atoms with Gasteiger partial charge in [-0.05, 0) is 37.1 Å². The third kappa shape index (κ3) is 7.07. The van der Waals surface area contributed by atoms with E-state index in [1.54, 1.807) is 18.3 Å². The Kier molecular flexibility index (Phi) is 9.84. The third-order valence-corrected chi connectivity index (χ3v) is 7.71. The zero-order valence-corrected chi connectivity index (χ0v) is 23.8. The molecule has 2 aliphatic heterocycles. The number of hydrogen-bond donors (Lipinski definition) is 1. The summed E-state index contributed by atoms with van der Waals surface area (Å²) in [6, 6.07) is 8.65. The van der Waals surface area contributed by atoms with Gasteiger partial charge in [-0.1, -0.05) is 17.7 Å². The number of aromatic nitrogens is 3. The van der Waals surface area contributed by atoms with Crippen LogP contribution in [0.3, 0.4) is 0 Å². The smallest absolute Gasteiger partial charge is 0.401 e. The van der Waals surface area contributed by atoms with Crippen molar-refractivity contribution in [1.29, 1.82) is 0 Å². The SMILES string of the molecule is Cl.O=C(O)c1cnn(C2CCCN(c3cc(Cl)ccc3-c3ccc(N4CCN(CC(F)(F)F)CC4)nc3)C2)c1C(F)F. The van der Waals surface area contributed by atoms with Crippen molar-refractivity contribution in [3.05, 3.63) is 59.0 Å². The Labute approximate surface area is 250 Å². The summed E-state index contributed by atoms with van der Waals surface area (Å²) in [5, 5.41) is 13.8. The minimum absolute atomic E-state index is 0. The van der Waals surface area contributed by atoms with Crippen LogP contribution in [0, 0.1) is 0 Å². The average molecular weight is 635 g/mol. The van der Waals surface area contributed by atoms with Gasteiger partial charge in [0, 0.05) is 67.3 Å². The van der Waals surface area contributed by atoms with Crippen LogP contribution in [-0.4, -0.2) is 82.7 Å². The Bertz CT molecular complexity index is 1380. The van der Waals surface area contributed by atoms with Crippen LogP contribution in [0.15, 0.2) is 42.7 Å². The quantitative estimate of drug-likeness (QED) is 0.311. The number of carbonyl (C=O) groups is 1. The number of hydrogen-bond acceptors (Lipinski definition) is 6. The van der Waals surface area contributed by atoms with Crippen LogP contribution in [0.2, 0.25) is 5.02 Å². The Morgan fingerprint density at radius 1 is 1.05 bits per heavy atom. The highest BCUT2D eigenvalue weighted by Crippen LogP contribution is 2.38. The maximum Gasteiger partial charge on any atom is 0.401 e. The van der Waals surface area contributed by atoms with Crippen LogP contribution in [0.5, 0.6) is 0 Å². The first-order valence-electron chi connectivity index (χ1n) is 13.1. The lowest BCUT2D eigenvalue weighted by atomic mass is 10.00. The lowest BCUT2D eigenvalue weighted by Gasteiger charge is -2.36. The summed E-state index contributed by atoms with van der Waals surface area (Å²) in [5.41, 5.74) is 1.29. The summed E-state index contributed by atoms with van der Waals surface area (Å²) in [6.07, 6.45) is -3.32. The number of halogens is 7. The number of aromatic carboxylic acids is 1. The van der Waals surface area contributed by atoms with Gasteiger partial charge in [0.05, 0.1) is 18.8 Å². The highest BCUT2D eigenvalue weighted by molar-refractivity contribution is 6.31. The standard InChI is InChI=1S/C27H28ClF5N6O2.ClH/c28-18-4-5-20(17-3-6-23(34-13-17)37-10-8-36(9-11-37)16-27(31,32)33)22(12-18)38-7-1-2-19(15-38)39-24(25(29)30)21(14-35-39)26(40)41;/h3-6,12-14,19,25H,1-2,7-11,15-16H2,(H,40,41);1H. The lowest BCUT2D eigenvalue weighted by molar-refractivity contribution is -0.146. The van der Waals surface area contributed by atoms with E-state index in [0.29, 0.717) is 49.9 Å². The summed E-state index contributed by atoms with van der Waals surface area (Å²) in [7, 11) is 0. The summed E-state index contributed by atoms with van der Waals surface area (Å²) in [5.74, 6) is -0.781. The van der Waals surface area contributed by atoms with Crippen LogP contribution < -0.4 is 9.80 Å². The molecule has 0 saturated carbocycles. The summed E-state index contributed by atoms with van der Waals surface area (Å²) < 4.78 is 66.9. The van der Waals surface area contributed by atoms with Crippen LogP contribution in [0.4, 0.5) is 33.5 Å². The number of anilines is 2. The first-order valence-corrected chi connectivity index (χ1v) is 13.5. The number of benzene rings is 1. The molecule has 42 heavy (non-hydrogen) atoms. The van der Waals surface area contributed by atoms with Crippen LogP contribution in [-0.2, 0) is 0 Å². The molecule has 4 heterocycles. The average Bonchev–Trinajstić information content (AvgIpc) is 3.39. The highest BCUT2D eigenvalue weighted by Gasteiger charge is 2.33. The summed E-state index contributed by atoms with van der Waals surface area (Å²) >= 11 is 6.36. The molecule has 5 rings (SSSR count). The number of carboxylic acids is 1. The van der Waals surface area contributed by atoms with Gasteiger partial charge in [0.1, 0.15) is 17.1 Å². The first kappa shape index (κ1) is 31.8. The molecule has 1 atom stereocenters. The summed E-state index contributed by atoms with van der Waals surface area (Å²) in [6.45, 7) is 1.48. The van der Waals surface area contributed by atoms with Gasteiger partial charge in [-0.15, -0.1) is 12.4 Å². The molecule has 1 unspecified atom stereocenters. The maximum absolute atomic E-state index is 13.8. The van der Waals surface area contributed by atoms with E-state index < -0.39 is 42.4 Å². The van der Waals surface area contributed by atoms with Gasteiger partial charge >= 0.3 is 12.1 Å². The van der Waals surface area contributed by atoms with Crippen LogP contribution in [0.25, 0.3) is 11.1 Å². The van der Waals surface area contributed by atoms with Crippen LogP contribution >= 0.6 is 24.0 Å². The van der Waals surface area contributed by atoms with Gasteiger partial charge in [0.15, 0.2) is 0 Å². The third-order valence-electron chi connectivity index (χ3n) is 7.47. The molecular formula is C27H29Cl2F5N6O2. The molecule has 2 fully saturated rings. The second-order valence-corrected chi connectivity index (χ2v) is 10.6. The van der Waals surface area contributed by atoms with Gasteiger partial charge < -0.3 is 14.9 Å². The molecule has 2 aromatic heterocycles. The summed E-state index contributed by atoms with van der Waals surface area (Å²) in [4.78, 5) is 21.4. The van der Waals surface area contributed by atoms with Gasteiger partial charge in [0.2, 0.25) is 0 Å². The van der Waals surface area contributed by atoms with E-state index in [-0.39, 0.29) is 25.5 Å². The van der Waals surface area contributed by atoms with Crippen molar-refractivity contribution in [2.24, 2.45) is 0 Å². The fourth-order valence-corrected chi connectivity index (χ4v) is 5.72. The normalized spacial score (nSPS) is 18.3. The van der Waals surface area contributed by atoms with Gasteiger partial charge in [-0.25, -0.2) is 18.6 Å². The number of piperidine rings is 1.